The van der Waals surface area contributed by atoms with Gasteiger partial charge in [0.1, 0.15) is 11.9 Å². The van der Waals surface area contributed by atoms with Crippen LogP contribution in [0.2, 0.25) is 0 Å². The molecule has 0 saturated carbocycles. The van der Waals surface area contributed by atoms with Gasteiger partial charge in [0.15, 0.2) is 0 Å². The molecule has 1 rings (SSSR count). The number of carbonyl (C=O) groups is 1. The summed E-state index contributed by atoms with van der Waals surface area (Å²) in [6.07, 6.45) is -1.33. The summed E-state index contributed by atoms with van der Waals surface area (Å²) in [5, 5.41) is 12.1. The fraction of sp³-hybridized carbons (Fsp3) is 0.417. The van der Waals surface area contributed by atoms with Gasteiger partial charge in [-0.25, -0.2) is 0 Å². The van der Waals surface area contributed by atoms with Crippen molar-refractivity contribution in [2.75, 3.05) is 6.54 Å². The van der Waals surface area contributed by atoms with Gasteiger partial charge < -0.3 is 20.9 Å². The summed E-state index contributed by atoms with van der Waals surface area (Å²) in [4.78, 5) is 10.7. The molecule has 7 heteroatoms. The van der Waals surface area contributed by atoms with Crippen LogP contribution in [0.3, 0.4) is 0 Å². The minimum atomic E-state index is -2.91. The van der Waals surface area contributed by atoms with Crippen molar-refractivity contribution in [1.82, 2.24) is 5.32 Å². The number of amides is 1. The summed E-state index contributed by atoms with van der Waals surface area (Å²) in [6.45, 7) is -1.29. The fourth-order valence-corrected chi connectivity index (χ4v) is 1.54. The average Bonchev–Trinajstić information content (AvgIpc) is 2.35. The third kappa shape index (κ3) is 4.80. The van der Waals surface area contributed by atoms with Crippen LogP contribution in [0.25, 0.3) is 0 Å². The van der Waals surface area contributed by atoms with Crippen molar-refractivity contribution in [2.24, 2.45) is 5.73 Å². The molecule has 1 aromatic carbocycles. The van der Waals surface area contributed by atoms with Crippen molar-refractivity contribution in [2.45, 2.75) is 25.7 Å². The molecule has 19 heavy (non-hydrogen) atoms. The van der Waals surface area contributed by atoms with Crippen LogP contribution in [-0.2, 0) is 4.79 Å². The predicted octanol–water partition coefficient (Wildman–Crippen LogP) is 0.785. The van der Waals surface area contributed by atoms with Gasteiger partial charge in [-0.05, 0) is 13.0 Å². The molecule has 0 fully saturated rings. The Morgan fingerprint density at radius 3 is 2.68 bits per heavy atom. The summed E-state index contributed by atoms with van der Waals surface area (Å²) in [5.74, 6) is -0.803. The van der Waals surface area contributed by atoms with E-state index in [2.05, 4.69) is 10.1 Å². The molecule has 1 aromatic rings. The van der Waals surface area contributed by atoms with Crippen LogP contribution in [0, 0.1) is 0 Å². The van der Waals surface area contributed by atoms with Crippen molar-refractivity contribution < 1.29 is 23.4 Å². The smallest absolute Gasteiger partial charge is 0.387 e. The molecule has 5 nitrogen and oxygen atoms in total. The topological polar surface area (TPSA) is 84.6 Å². The molecule has 2 atom stereocenters. The molecule has 0 saturated heterocycles. The van der Waals surface area contributed by atoms with Gasteiger partial charge in [-0.2, -0.15) is 8.78 Å². The number of hydrogen-bond donors (Lipinski definition) is 3. The zero-order valence-corrected chi connectivity index (χ0v) is 10.3. The maximum absolute atomic E-state index is 12.2. The number of aliphatic hydroxyl groups excluding tert-OH is 1. The summed E-state index contributed by atoms with van der Waals surface area (Å²) < 4.78 is 28.9. The van der Waals surface area contributed by atoms with Gasteiger partial charge in [-0.15, -0.1) is 0 Å². The number of nitrogens with two attached hydrogens (primary N) is 1. The van der Waals surface area contributed by atoms with Crippen LogP contribution in [0.1, 0.15) is 18.5 Å². The van der Waals surface area contributed by atoms with Crippen molar-refractivity contribution in [1.29, 1.82) is 0 Å². The fourth-order valence-electron chi connectivity index (χ4n) is 1.54. The molecular weight excluding hydrogens is 258 g/mol. The minimum Gasteiger partial charge on any atom is -0.434 e. The van der Waals surface area contributed by atoms with Gasteiger partial charge in [-0.1, -0.05) is 18.2 Å². The molecule has 0 radical (unpaired) electrons. The molecule has 4 N–H and O–H groups in total. The third-order valence-electron chi connectivity index (χ3n) is 2.55. The van der Waals surface area contributed by atoms with Crippen molar-refractivity contribution in [3.05, 3.63) is 29.8 Å². The zero-order valence-electron chi connectivity index (χ0n) is 10.3. The van der Waals surface area contributed by atoms with E-state index in [1.165, 1.54) is 6.07 Å². The Morgan fingerprint density at radius 1 is 1.47 bits per heavy atom. The lowest BCUT2D eigenvalue weighted by atomic mass is 10.1. The number of carbonyl (C=O) groups excluding carboxylic acids is 1. The van der Waals surface area contributed by atoms with Crippen LogP contribution < -0.4 is 15.8 Å². The first-order chi connectivity index (χ1) is 8.91. The van der Waals surface area contributed by atoms with E-state index in [0.717, 1.165) is 0 Å². The van der Waals surface area contributed by atoms with E-state index in [-0.39, 0.29) is 18.3 Å². The largest absolute Gasteiger partial charge is 0.434 e. The average molecular weight is 274 g/mol. The zero-order chi connectivity index (χ0) is 14.4. The molecular formula is C12H16F2N2O3. The first-order valence-electron chi connectivity index (χ1n) is 5.66. The minimum absolute atomic E-state index is 0.0473. The number of primary amides is 1. The molecule has 0 bridgehead atoms. The highest BCUT2D eigenvalue weighted by molar-refractivity contribution is 5.78. The molecule has 0 aromatic heterocycles. The van der Waals surface area contributed by atoms with Gasteiger partial charge in [-0.3, -0.25) is 4.79 Å². The van der Waals surface area contributed by atoms with E-state index < -0.39 is 18.6 Å². The molecule has 0 aliphatic carbocycles. The Balaban J connectivity index is 2.70. The summed E-state index contributed by atoms with van der Waals surface area (Å²) >= 11 is 0. The second kappa shape index (κ2) is 7.01. The lowest BCUT2D eigenvalue weighted by Gasteiger charge is -2.19. The van der Waals surface area contributed by atoms with Crippen molar-refractivity contribution in [3.63, 3.8) is 0 Å². The van der Waals surface area contributed by atoms with Gasteiger partial charge in [0.2, 0.25) is 5.91 Å². The summed E-state index contributed by atoms with van der Waals surface area (Å²) in [6, 6.07) is 5.91. The summed E-state index contributed by atoms with van der Waals surface area (Å²) in [7, 11) is 0. The van der Waals surface area contributed by atoms with Crippen LogP contribution in [0.5, 0.6) is 5.75 Å². The van der Waals surface area contributed by atoms with E-state index in [9.17, 15) is 18.7 Å². The highest BCUT2D eigenvalue weighted by Gasteiger charge is 2.16. The van der Waals surface area contributed by atoms with Gasteiger partial charge in [0.05, 0.1) is 0 Å². The molecule has 2 unspecified atom stereocenters. The number of halogens is 2. The van der Waals surface area contributed by atoms with Crippen LogP contribution in [-0.4, -0.2) is 30.3 Å². The highest BCUT2D eigenvalue weighted by Crippen LogP contribution is 2.26. The molecule has 0 heterocycles. The number of aliphatic hydroxyl groups is 1. The SMILES string of the molecule is CC(NCC(O)C(N)=O)c1ccccc1OC(F)F. The molecule has 0 aliphatic rings. The number of alkyl halides is 2. The van der Waals surface area contributed by atoms with Gasteiger partial charge >= 0.3 is 6.61 Å². The Hall–Kier alpha value is -1.73. The number of nitrogens with one attached hydrogen (secondary N) is 1. The Morgan fingerprint density at radius 2 is 2.11 bits per heavy atom. The quantitative estimate of drug-likeness (QED) is 0.686. The lowest BCUT2D eigenvalue weighted by molar-refractivity contribution is -0.125. The number of ether oxygens (including phenoxy) is 1. The standard InChI is InChI=1S/C12H16F2N2O3/c1-7(16-6-9(17)11(15)18)8-4-2-3-5-10(8)19-12(13)14/h2-5,7,9,12,16-17H,6H2,1H3,(H2,15,18). The molecule has 0 aliphatic heterocycles. The van der Waals surface area contributed by atoms with E-state index in [4.69, 9.17) is 5.73 Å². The second-order valence-corrected chi connectivity index (χ2v) is 3.96. The van der Waals surface area contributed by atoms with E-state index in [1.54, 1.807) is 25.1 Å². The molecule has 106 valence electrons. The van der Waals surface area contributed by atoms with Gasteiger partial charge in [0.25, 0.3) is 0 Å². The number of para-hydroxylation sites is 1. The lowest BCUT2D eigenvalue weighted by Crippen LogP contribution is -2.38. The number of hydrogen-bond acceptors (Lipinski definition) is 4. The first-order valence-corrected chi connectivity index (χ1v) is 5.66. The second-order valence-electron chi connectivity index (χ2n) is 3.96. The summed E-state index contributed by atoms with van der Waals surface area (Å²) in [5.41, 5.74) is 5.40. The van der Waals surface area contributed by atoms with Crippen molar-refractivity contribution >= 4 is 5.91 Å². The number of rotatable bonds is 7. The van der Waals surface area contributed by atoms with E-state index in [1.807, 2.05) is 0 Å². The first kappa shape index (κ1) is 15.3. The molecule has 0 spiro atoms. The van der Waals surface area contributed by atoms with E-state index >= 15 is 0 Å². The maximum Gasteiger partial charge on any atom is 0.387 e. The highest BCUT2D eigenvalue weighted by atomic mass is 19.3. The normalized spacial score (nSPS) is 14.2. The van der Waals surface area contributed by atoms with Gasteiger partial charge in [0, 0.05) is 18.2 Å². The Kier molecular flexibility index (Phi) is 5.65. The maximum atomic E-state index is 12.2. The van der Waals surface area contributed by atoms with Crippen LogP contribution >= 0.6 is 0 Å². The third-order valence-corrected chi connectivity index (χ3v) is 2.55. The molecule has 1 amide bonds. The predicted molar refractivity (Wildman–Crippen MR) is 64.7 cm³/mol. The van der Waals surface area contributed by atoms with Crippen LogP contribution in [0.15, 0.2) is 24.3 Å². The van der Waals surface area contributed by atoms with Crippen LogP contribution in [0.4, 0.5) is 8.78 Å². The Bertz CT molecular complexity index is 429. The van der Waals surface area contributed by atoms with Crippen molar-refractivity contribution in [3.8, 4) is 5.75 Å². The Labute approximate surface area is 109 Å². The van der Waals surface area contributed by atoms with E-state index in [0.29, 0.717) is 5.56 Å². The number of benzene rings is 1. The monoisotopic (exact) mass is 274 g/mol.